The molecule has 1 aliphatic heterocycles. The van der Waals surface area contributed by atoms with Crippen molar-refractivity contribution in [1.29, 1.82) is 0 Å². The number of imidazole rings is 1. The van der Waals surface area contributed by atoms with Crippen molar-refractivity contribution in [3.63, 3.8) is 0 Å². The number of carbonyl (C=O) groups excluding carboxylic acids is 2. The molecule has 0 bridgehead atoms. The number of carbonyl (C=O) groups is 2. The van der Waals surface area contributed by atoms with Gasteiger partial charge >= 0.3 is 0 Å². The minimum Gasteiger partial charge on any atom is -0.366 e. The predicted molar refractivity (Wildman–Crippen MR) is 126 cm³/mol. The molecule has 5 rings (SSSR count). The smallest absolute Gasteiger partial charge is 0.253 e. The van der Waals surface area contributed by atoms with Gasteiger partial charge in [-0.05, 0) is 31.3 Å². The third kappa shape index (κ3) is 4.08. The predicted octanol–water partition coefficient (Wildman–Crippen LogP) is 2.55. The minimum absolute atomic E-state index is 0.0642. The second kappa shape index (κ2) is 8.48. The van der Waals surface area contributed by atoms with Crippen molar-refractivity contribution in [2.75, 3.05) is 33.2 Å². The van der Waals surface area contributed by atoms with Crippen LogP contribution in [0.5, 0.6) is 0 Å². The summed E-state index contributed by atoms with van der Waals surface area (Å²) in [6.45, 7) is 3.29. The van der Waals surface area contributed by atoms with E-state index in [9.17, 15) is 9.59 Å². The van der Waals surface area contributed by atoms with Crippen LogP contribution in [0.2, 0.25) is 0 Å². The first-order valence-corrected chi connectivity index (χ1v) is 10.8. The average Bonchev–Trinajstić information content (AvgIpc) is 3.27. The van der Waals surface area contributed by atoms with Crippen LogP contribution in [-0.2, 0) is 0 Å². The molecule has 1 fully saturated rings. The van der Waals surface area contributed by atoms with Crippen molar-refractivity contribution in [3.8, 4) is 22.5 Å². The van der Waals surface area contributed by atoms with Gasteiger partial charge in [0, 0.05) is 54.6 Å². The van der Waals surface area contributed by atoms with E-state index in [1.54, 1.807) is 24.5 Å². The Hall–Kier alpha value is -4.04. The summed E-state index contributed by atoms with van der Waals surface area (Å²) < 4.78 is 1.96. The third-order valence-corrected chi connectivity index (χ3v) is 6.08. The first kappa shape index (κ1) is 20.8. The number of rotatable bonds is 4. The zero-order valence-electron chi connectivity index (χ0n) is 18.3. The lowest BCUT2D eigenvalue weighted by Crippen LogP contribution is -2.47. The van der Waals surface area contributed by atoms with Crippen molar-refractivity contribution in [2.24, 2.45) is 5.73 Å². The molecule has 1 saturated heterocycles. The van der Waals surface area contributed by atoms with Crippen LogP contribution in [-0.4, -0.2) is 69.2 Å². The summed E-state index contributed by atoms with van der Waals surface area (Å²) in [5.74, 6) is -0.393. The summed E-state index contributed by atoms with van der Waals surface area (Å²) in [7, 11) is 2.07. The van der Waals surface area contributed by atoms with Crippen molar-refractivity contribution in [3.05, 3.63) is 78.2 Å². The molecule has 0 saturated carbocycles. The zero-order valence-corrected chi connectivity index (χ0v) is 18.3. The molecular weight excluding hydrogens is 416 g/mol. The molecule has 1 aliphatic rings. The van der Waals surface area contributed by atoms with E-state index in [-0.39, 0.29) is 5.91 Å². The lowest BCUT2D eigenvalue weighted by atomic mass is 10.1. The summed E-state index contributed by atoms with van der Waals surface area (Å²) in [5, 5.41) is 0. The van der Waals surface area contributed by atoms with Crippen LogP contribution in [0.3, 0.4) is 0 Å². The van der Waals surface area contributed by atoms with Gasteiger partial charge in [-0.2, -0.15) is 0 Å². The summed E-state index contributed by atoms with van der Waals surface area (Å²) in [5.41, 5.74) is 10.7. The van der Waals surface area contributed by atoms with Crippen LogP contribution < -0.4 is 5.73 Å². The van der Waals surface area contributed by atoms with Crippen LogP contribution >= 0.6 is 0 Å². The number of piperazine rings is 1. The Morgan fingerprint density at radius 2 is 1.45 bits per heavy atom. The van der Waals surface area contributed by atoms with Crippen molar-refractivity contribution in [2.45, 2.75) is 0 Å². The van der Waals surface area contributed by atoms with Crippen molar-refractivity contribution >= 4 is 17.5 Å². The first-order valence-electron chi connectivity index (χ1n) is 10.8. The second-order valence-electron chi connectivity index (χ2n) is 8.26. The van der Waals surface area contributed by atoms with E-state index in [1.165, 1.54) is 0 Å². The summed E-state index contributed by atoms with van der Waals surface area (Å²) in [6, 6.07) is 14.7. The minimum atomic E-state index is -0.458. The van der Waals surface area contributed by atoms with Gasteiger partial charge in [-0.3, -0.25) is 19.0 Å². The molecule has 8 nitrogen and oxygen atoms in total. The van der Waals surface area contributed by atoms with E-state index in [4.69, 9.17) is 5.73 Å². The highest BCUT2D eigenvalue weighted by Gasteiger charge is 2.20. The molecule has 0 atom stereocenters. The fraction of sp³-hybridized carbons (Fsp3) is 0.200. The molecule has 2 N–H and O–H groups in total. The number of nitrogens with two attached hydrogens (primary N) is 1. The number of likely N-dealkylation sites (N-methyl/N-ethyl adjacent to an activating group) is 1. The number of amides is 2. The largest absolute Gasteiger partial charge is 0.366 e. The van der Waals surface area contributed by atoms with Crippen LogP contribution in [0, 0.1) is 0 Å². The molecule has 0 spiro atoms. The van der Waals surface area contributed by atoms with Gasteiger partial charge < -0.3 is 15.5 Å². The molecule has 0 aliphatic carbocycles. The number of nitrogens with zero attached hydrogens (tertiary/aromatic N) is 5. The molecular formula is C25H24N6O2. The Kier molecular flexibility index (Phi) is 5.35. The number of aromatic nitrogens is 3. The molecule has 0 unspecified atom stereocenters. The van der Waals surface area contributed by atoms with E-state index in [1.807, 2.05) is 51.9 Å². The van der Waals surface area contributed by atoms with Gasteiger partial charge in [-0.15, -0.1) is 0 Å². The fourth-order valence-electron chi connectivity index (χ4n) is 4.03. The van der Waals surface area contributed by atoms with Crippen LogP contribution in [0.15, 0.2) is 67.1 Å². The van der Waals surface area contributed by atoms with Gasteiger partial charge in [0.2, 0.25) is 5.91 Å². The first-order chi connectivity index (χ1) is 16.0. The second-order valence-corrected chi connectivity index (χ2v) is 8.26. The Morgan fingerprint density at radius 3 is 2.12 bits per heavy atom. The van der Waals surface area contributed by atoms with Crippen LogP contribution in [0.4, 0.5) is 0 Å². The molecule has 2 aromatic carbocycles. The summed E-state index contributed by atoms with van der Waals surface area (Å²) in [6.07, 6.45) is 5.43. The number of hydrogen-bond donors (Lipinski definition) is 1. The van der Waals surface area contributed by atoms with Gasteiger partial charge in [0.1, 0.15) is 0 Å². The molecule has 0 radical (unpaired) electrons. The number of fused-ring (bicyclic) bond motifs is 1. The van der Waals surface area contributed by atoms with Gasteiger partial charge in [0.25, 0.3) is 5.91 Å². The lowest BCUT2D eigenvalue weighted by molar-refractivity contribution is 0.0664. The highest BCUT2D eigenvalue weighted by molar-refractivity contribution is 5.95. The van der Waals surface area contributed by atoms with E-state index in [0.717, 1.165) is 54.3 Å². The van der Waals surface area contributed by atoms with Crippen molar-refractivity contribution in [1.82, 2.24) is 24.2 Å². The van der Waals surface area contributed by atoms with E-state index in [0.29, 0.717) is 11.1 Å². The summed E-state index contributed by atoms with van der Waals surface area (Å²) in [4.78, 5) is 37.3. The Morgan fingerprint density at radius 1 is 0.818 bits per heavy atom. The molecule has 8 heteroatoms. The Labute approximate surface area is 191 Å². The standard InChI is InChI=1S/C25H24N6O2/c1-29-10-12-30(13-11-29)25(33)20-8-2-17(3-9-20)21-16-31-22(14-28-23(31)15-27-21)18-4-6-19(7-5-18)24(26)32/h2-9,14-16H,10-13H2,1H3,(H2,26,32). The van der Waals surface area contributed by atoms with Crippen molar-refractivity contribution < 1.29 is 9.59 Å². The Bertz CT molecular complexity index is 1320. The Balaban J connectivity index is 1.41. The molecule has 2 aromatic heterocycles. The maximum Gasteiger partial charge on any atom is 0.253 e. The monoisotopic (exact) mass is 440 g/mol. The number of hydrogen-bond acceptors (Lipinski definition) is 5. The number of primary amides is 1. The summed E-state index contributed by atoms with van der Waals surface area (Å²) >= 11 is 0. The molecule has 33 heavy (non-hydrogen) atoms. The lowest BCUT2D eigenvalue weighted by Gasteiger charge is -2.32. The quantitative estimate of drug-likeness (QED) is 0.526. The molecule has 3 heterocycles. The van der Waals surface area contributed by atoms with E-state index < -0.39 is 5.91 Å². The maximum absolute atomic E-state index is 12.8. The zero-order chi connectivity index (χ0) is 22.9. The molecule has 4 aromatic rings. The third-order valence-electron chi connectivity index (χ3n) is 6.08. The van der Waals surface area contributed by atoms with E-state index >= 15 is 0 Å². The fourth-order valence-corrected chi connectivity index (χ4v) is 4.03. The SMILES string of the molecule is CN1CCN(C(=O)c2ccc(-c3cn4c(-c5ccc(C(N)=O)cc5)cnc4cn3)cc2)CC1. The van der Waals surface area contributed by atoms with Crippen LogP contribution in [0.25, 0.3) is 28.2 Å². The molecule has 166 valence electrons. The maximum atomic E-state index is 12.8. The van der Waals surface area contributed by atoms with Gasteiger partial charge in [-0.25, -0.2) is 4.98 Å². The van der Waals surface area contributed by atoms with E-state index in [2.05, 4.69) is 21.9 Å². The highest BCUT2D eigenvalue weighted by Crippen LogP contribution is 2.24. The van der Waals surface area contributed by atoms with Gasteiger partial charge in [-0.1, -0.05) is 24.3 Å². The normalized spacial score (nSPS) is 14.5. The van der Waals surface area contributed by atoms with Gasteiger partial charge in [0.05, 0.1) is 23.8 Å². The number of benzene rings is 2. The average molecular weight is 441 g/mol. The topological polar surface area (TPSA) is 96.8 Å². The van der Waals surface area contributed by atoms with Crippen LogP contribution in [0.1, 0.15) is 20.7 Å². The van der Waals surface area contributed by atoms with Gasteiger partial charge in [0.15, 0.2) is 5.65 Å². The molecule has 2 amide bonds. The highest BCUT2D eigenvalue weighted by atomic mass is 16.2.